The van der Waals surface area contributed by atoms with Crippen LogP contribution in [0.25, 0.3) is 33.0 Å². The molecule has 8 aromatic carbocycles. The first-order chi connectivity index (χ1) is 24.7. The average Bonchev–Trinajstić information content (AvgIpc) is 3.50. The van der Waals surface area contributed by atoms with Gasteiger partial charge in [-0.25, -0.2) is 0 Å². The Labute approximate surface area is 293 Å². The van der Waals surface area contributed by atoms with Crippen molar-refractivity contribution in [2.45, 2.75) is 17.8 Å². The zero-order valence-electron chi connectivity index (χ0n) is 27.8. The number of para-hydroxylation sites is 1. The maximum Gasteiger partial charge on any atom is 0.131 e. The fraction of sp³-hybridized carbons (Fsp3) is 0.0612. The second-order valence-corrected chi connectivity index (χ2v) is 13.7. The summed E-state index contributed by atoms with van der Waals surface area (Å²) in [4.78, 5) is 0. The van der Waals surface area contributed by atoms with Crippen molar-refractivity contribution in [3.05, 3.63) is 227 Å². The topological polar surface area (TPSA) is 9.23 Å². The first-order valence-corrected chi connectivity index (χ1v) is 17.4. The van der Waals surface area contributed by atoms with E-state index in [9.17, 15) is 0 Å². The molecule has 2 unspecified atom stereocenters. The molecule has 10 rings (SSSR count). The monoisotopic (exact) mass is 638 g/mol. The molecule has 0 amide bonds. The fourth-order valence-corrected chi connectivity index (χ4v) is 9.05. The molecular weight excluding hydrogens is 605 g/mol. The van der Waals surface area contributed by atoms with Crippen LogP contribution in [0.5, 0.6) is 11.5 Å². The molecule has 0 spiro atoms. The van der Waals surface area contributed by atoms with Gasteiger partial charge in [0.05, 0.1) is 5.41 Å². The largest absolute Gasteiger partial charge is 0.457 e. The van der Waals surface area contributed by atoms with Crippen molar-refractivity contribution in [1.29, 1.82) is 0 Å². The van der Waals surface area contributed by atoms with Gasteiger partial charge < -0.3 is 4.74 Å². The number of fused-ring (bicyclic) bond motifs is 7. The van der Waals surface area contributed by atoms with Crippen molar-refractivity contribution in [2.24, 2.45) is 0 Å². The molecule has 0 saturated heterocycles. The van der Waals surface area contributed by atoms with Crippen LogP contribution in [0.3, 0.4) is 0 Å². The molecule has 0 fully saturated rings. The molecule has 0 N–H and O–H groups in total. The van der Waals surface area contributed by atoms with E-state index in [1.54, 1.807) is 0 Å². The quantitative estimate of drug-likeness (QED) is 0.186. The predicted octanol–water partition coefficient (Wildman–Crippen LogP) is 12.3. The van der Waals surface area contributed by atoms with Crippen LogP contribution in [-0.4, -0.2) is 0 Å². The van der Waals surface area contributed by atoms with Crippen molar-refractivity contribution >= 4 is 10.8 Å². The summed E-state index contributed by atoms with van der Waals surface area (Å²) in [5, 5.41) is 2.55. The number of hydrogen-bond acceptors (Lipinski definition) is 1. The zero-order valence-corrected chi connectivity index (χ0v) is 27.8. The van der Waals surface area contributed by atoms with E-state index in [-0.39, 0.29) is 0 Å². The highest BCUT2D eigenvalue weighted by atomic mass is 16.5. The molecule has 1 heterocycles. The van der Waals surface area contributed by atoms with Gasteiger partial charge in [-0.2, -0.15) is 0 Å². The van der Waals surface area contributed by atoms with Crippen molar-refractivity contribution in [3.8, 4) is 33.8 Å². The highest BCUT2D eigenvalue weighted by Crippen LogP contribution is 2.60. The highest BCUT2D eigenvalue weighted by molar-refractivity contribution is 6.04. The van der Waals surface area contributed by atoms with Crippen LogP contribution in [-0.2, 0) is 10.8 Å². The lowest BCUT2D eigenvalue weighted by Gasteiger charge is -2.39. The van der Waals surface area contributed by atoms with Crippen molar-refractivity contribution in [2.75, 3.05) is 0 Å². The number of hydrogen-bond donors (Lipinski definition) is 0. The fourth-order valence-electron chi connectivity index (χ4n) is 9.05. The van der Waals surface area contributed by atoms with Gasteiger partial charge in [0, 0.05) is 16.5 Å². The summed E-state index contributed by atoms with van der Waals surface area (Å²) in [6.45, 7) is 2.35. The molecule has 0 radical (unpaired) electrons. The third-order valence-electron chi connectivity index (χ3n) is 11.3. The predicted molar refractivity (Wildman–Crippen MR) is 205 cm³/mol. The minimum atomic E-state index is -0.532. The minimum absolute atomic E-state index is 0.404. The number of rotatable bonds is 4. The van der Waals surface area contributed by atoms with Crippen LogP contribution < -0.4 is 4.74 Å². The maximum absolute atomic E-state index is 6.64. The van der Waals surface area contributed by atoms with Crippen LogP contribution >= 0.6 is 0 Å². The Bertz CT molecular complexity index is 2580. The lowest BCUT2D eigenvalue weighted by atomic mass is 9.65. The summed E-state index contributed by atoms with van der Waals surface area (Å²) in [5.74, 6) is 1.81. The molecular formula is C49H34O. The molecule has 1 aliphatic carbocycles. The lowest BCUT2D eigenvalue weighted by molar-refractivity contribution is 0.427. The summed E-state index contributed by atoms with van der Waals surface area (Å²) in [6.07, 6.45) is 0. The third-order valence-corrected chi connectivity index (χ3v) is 11.3. The van der Waals surface area contributed by atoms with Gasteiger partial charge in [-0.3, -0.25) is 0 Å². The van der Waals surface area contributed by atoms with E-state index in [0.717, 1.165) is 11.5 Å². The minimum Gasteiger partial charge on any atom is -0.457 e. The maximum atomic E-state index is 6.64. The summed E-state index contributed by atoms with van der Waals surface area (Å²) < 4.78 is 6.64. The molecule has 50 heavy (non-hydrogen) atoms. The van der Waals surface area contributed by atoms with Crippen molar-refractivity contribution in [1.82, 2.24) is 0 Å². The molecule has 2 atom stereocenters. The van der Waals surface area contributed by atoms with Gasteiger partial charge in [0.15, 0.2) is 0 Å². The van der Waals surface area contributed by atoms with Crippen LogP contribution in [0.15, 0.2) is 188 Å². The Kier molecular flexibility index (Phi) is 6.29. The van der Waals surface area contributed by atoms with Crippen LogP contribution in [0.1, 0.15) is 45.9 Å². The summed E-state index contributed by atoms with van der Waals surface area (Å²) >= 11 is 0. The molecule has 1 heteroatoms. The molecule has 2 aliphatic rings. The van der Waals surface area contributed by atoms with Crippen molar-refractivity contribution < 1.29 is 4.74 Å². The first-order valence-electron chi connectivity index (χ1n) is 17.4. The lowest BCUT2D eigenvalue weighted by Crippen LogP contribution is -2.30. The summed E-state index contributed by atoms with van der Waals surface area (Å²) in [6, 6.07) is 68.8. The van der Waals surface area contributed by atoms with Crippen LogP contribution in [0, 0.1) is 0 Å². The van der Waals surface area contributed by atoms with Gasteiger partial charge in [-0.15, -0.1) is 0 Å². The molecule has 0 bridgehead atoms. The Balaban J connectivity index is 1.28. The van der Waals surface area contributed by atoms with E-state index >= 15 is 0 Å². The van der Waals surface area contributed by atoms with Gasteiger partial charge in [-0.05, 0) is 86.0 Å². The molecule has 0 saturated carbocycles. The van der Waals surface area contributed by atoms with Crippen LogP contribution in [0.2, 0.25) is 0 Å². The third kappa shape index (κ3) is 3.89. The van der Waals surface area contributed by atoms with Crippen molar-refractivity contribution in [3.63, 3.8) is 0 Å². The number of ether oxygens (including phenoxy) is 1. The molecule has 1 aliphatic heterocycles. The van der Waals surface area contributed by atoms with Gasteiger partial charge >= 0.3 is 0 Å². The highest BCUT2D eigenvalue weighted by Gasteiger charge is 2.48. The second kappa shape index (κ2) is 10.9. The average molecular weight is 639 g/mol. The van der Waals surface area contributed by atoms with Gasteiger partial charge in [0.25, 0.3) is 0 Å². The molecule has 1 nitrogen and oxygen atoms in total. The summed E-state index contributed by atoms with van der Waals surface area (Å²) in [7, 11) is 0. The van der Waals surface area contributed by atoms with E-state index < -0.39 is 10.8 Å². The molecule has 8 aromatic rings. The molecule has 0 aromatic heterocycles. The van der Waals surface area contributed by atoms with E-state index in [0.29, 0.717) is 0 Å². The first kappa shape index (κ1) is 28.8. The van der Waals surface area contributed by atoms with Gasteiger partial charge in [0.2, 0.25) is 0 Å². The smallest absolute Gasteiger partial charge is 0.131 e. The summed E-state index contributed by atoms with van der Waals surface area (Å²) in [5.41, 5.74) is 12.8. The van der Waals surface area contributed by atoms with Gasteiger partial charge in [-0.1, -0.05) is 170 Å². The second-order valence-electron chi connectivity index (χ2n) is 13.7. The Morgan fingerprint density at radius 1 is 0.400 bits per heavy atom. The Morgan fingerprint density at radius 3 is 1.76 bits per heavy atom. The normalized spacial score (nSPS) is 18.4. The SMILES string of the molecule is CC1(c2ccccc2)c2ccccc2Oc2ccc(-c3ccccc3C3(c4ccccc4)c4ccccc4-c4c3ccc3ccccc43)cc21. The van der Waals surface area contributed by atoms with E-state index in [4.69, 9.17) is 4.74 Å². The Morgan fingerprint density at radius 2 is 0.980 bits per heavy atom. The Hall–Kier alpha value is -6.18. The van der Waals surface area contributed by atoms with E-state index in [1.807, 2.05) is 0 Å². The number of benzene rings is 8. The van der Waals surface area contributed by atoms with E-state index in [1.165, 1.54) is 72.0 Å². The molecule has 236 valence electrons. The van der Waals surface area contributed by atoms with E-state index in [2.05, 4.69) is 195 Å². The zero-order chi connectivity index (χ0) is 33.3. The van der Waals surface area contributed by atoms with Gasteiger partial charge in [0.1, 0.15) is 11.5 Å². The standard InChI is InChI=1S/C49H34O/c1-48(35-17-4-2-5-18-35)42-26-14-15-27-45(42)50-46-31-29-34(32-44(46)48)37-21-10-12-24-40(37)49(36-19-6-3-7-20-36)41-25-13-11-23-39(41)47-38-22-9-8-16-33(38)28-30-43(47)49/h2-32H,1H3. The van der Waals surface area contributed by atoms with Crippen LogP contribution in [0.4, 0.5) is 0 Å².